The highest BCUT2D eigenvalue weighted by Crippen LogP contribution is 2.21. The Bertz CT molecular complexity index is 368. The van der Waals surface area contributed by atoms with Crippen molar-refractivity contribution >= 4 is 0 Å². The van der Waals surface area contributed by atoms with Gasteiger partial charge in [0.1, 0.15) is 6.10 Å². The minimum atomic E-state index is 0.0113. The lowest BCUT2D eigenvalue weighted by atomic mass is 10.1. The zero-order valence-electron chi connectivity index (χ0n) is 12.2. The molecule has 1 heterocycles. The van der Waals surface area contributed by atoms with Crippen molar-refractivity contribution in [3.63, 3.8) is 0 Å². The molecule has 0 bridgehead atoms. The third-order valence-electron chi connectivity index (χ3n) is 3.14. The summed E-state index contributed by atoms with van der Waals surface area (Å²) in [5.41, 5.74) is 2.19. The molecule has 2 atom stereocenters. The van der Waals surface area contributed by atoms with Crippen molar-refractivity contribution in [2.75, 3.05) is 13.7 Å². The van der Waals surface area contributed by atoms with Gasteiger partial charge in [-0.1, -0.05) is 20.3 Å². The Labute approximate surface area is 110 Å². The molecule has 0 fully saturated rings. The quantitative estimate of drug-likeness (QED) is 0.809. The summed E-state index contributed by atoms with van der Waals surface area (Å²) in [5.74, 6) is 0.796. The van der Waals surface area contributed by atoms with Gasteiger partial charge in [-0.15, -0.1) is 0 Å². The predicted octanol–water partition coefficient (Wildman–Crippen LogP) is 2.94. The first-order chi connectivity index (χ1) is 8.63. The van der Waals surface area contributed by atoms with Crippen LogP contribution in [0.3, 0.4) is 0 Å². The molecule has 1 N–H and O–H groups in total. The molecule has 0 aliphatic rings. The third-order valence-corrected chi connectivity index (χ3v) is 3.14. The summed E-state index contributed by atoms with van der Waals surface area (Å²) >= 11 is 0. The van der Waals surface area contributed by atoms with Gasteiger partial charge in [0.25, 0.3) is 0 Å². The van der Waals surface area contributed by atoms with E-state index in [1.54, 1.807) is 7.11 Å². The third kappa shape index (κ3) is 3.75. The van der Waals surface area contributed by atoms with Gasteiger partial charge in [-0.2, -0.15) is 0 Å². The van der Waals surface area contributed by atoms with Crippen molar-refractivity contribution in [2.24, 2.45) is 0 Å². The number of hydrogen-bond donors (Lipinski definition) is 1. The molecule has 1 aromatic heterocycles. The number of nitrogens with zero attached hydrogens (tertiary/aromatic N) is 2. The van der Waals surface area contributed by atoms with Crippen LogP contribution in [-0.2, 0) is 4.74 Å². The highest BCUT2D eigenvalue weighted by atomic mass is 16.5. The topological polar surface area (TPSA) is 47.0 Å². The van der Waals surface area contributed by atoms with Gasteiger partial charge in [0.2, 0.25) is 0 Å². The second-order valence-electron chi connectivity index (χ2n) is 4.56. The second-order valence-corrected chi connectivity index (χ2v) is 4.56. The fourth-order valence-electron chi connectivity index (χ4n) is 2.11. The molecule has 18 heavy (non-hydrogen) atoms. The van der Waals surface area contributed by atoms with Crippen LogP contribution in [0.25, 0.3) is 0 Å². The van der Waals surface area contributed by atoms with Crippen LogP contribution in [0, 0.1) is 6.92 Å². The highest BCUT2D eigenvalue weighted by Gasteiger charge is 2.15. The first-order valence-corrected chi connectivity index (χ1v) is 6.73. The molecular weight excluding hydrogens is 226 g/mol. The molecule has 2 unspecified atom stereocenters. The van der Waals surface area contributed by atoms with E-state index in [1.165, 1.54) is 0 Å². The molecule has 0 aliphatic carbocycles. The van der Waals surface area contributed by atoms with E-state index in [2.05, 4.69) is 36.1 Å². The molecule has 0 aromatic carbocycles. The van der Waals surface area contributed by atoms with E-state index >= 15 is 0 Å². The van der Waals surface area contributed by atoms with Gasteiger partial charge in [0.15, 0.2) is 5.82 Å². The van der Waals surface area contributed by atoms with E-state index in [1.807, 2.05) is 13.1 Å². The van der Waals surface area contributed by atoms with Crippen molar-refractivity contribution in [3.05, 3.63) is 23.3 Å². The van der Waals surface area contributed by atoms with Gasteiger partial charge in [-0.05, 0) is 26.8 Å². The van der Waals surface area contributed by atoms with Crippen molar-refractivity contribution in [2.45, 2.75) is 52.7 Å². The Hall–Kier alpha value is -1.00. The monoisotopic (exact) mass is 251 g/mol. The fourth-order valence-corrected chi connectivity index (χ4v) is 2.11. The van der Waals surface area contributed by atoms with Crippen LogP contribution in [0.5, 0.6) is 0 Å². The Morgan fingerprint density at radius 1 is 1.39 bits per heavy atom. The van der Waals surface area contributed by atoms with E-state index in [0.717, 1.165) is 36.5 Å². The highest BCUT2D eigenvalue weighted by molar-refractivity contribution is 5.20. The molecular formula is C14H25N3O. The van der Waals surface area contributed by atoms with Crippen LogP contribution < -0.4 is 5.32 Å². The Kier molecular flexibility index (Phi) is 6.22. The summed E-state index contributed by atoms with van der Waals surface area (Å²) in [7, 11) is 1.72. The Balaban J connectivity index is 2.90. The van der Waals surface area contributed by atoms with Crippen LogP contribution >= 0.6 is 0 Å². The molecule has 4 heteroatoms. The summed E-state index contributed by atoms with van der Waals surface area (Å²) in [6.07, 6.45) is 3.96. The number of hydrogen-bond acceptors (Lipinski definition) is 4. The van der Waals surface area contributed by atoms with Crippen LogP contribution in [0.2, 0.25) is 0 Å². The number of rotatable bonds is 7. The van der Waals surface area contributed by atoms with E-state index in [9.17, 15) is 0 Å². The first kappa shape index (κ1) is 15.1. The molecule has 0 amide bonds. The van der Waals surface area contributed by atoms with Crippen molar-refractivity contribution < 1.29 is 4.74 Å². The Morgan fingerprint density at radius 3 is 2.61 bits per heavy atom. The molecule has 0 radical (unpaired) electrons. The van der Waals surface area contributed by atoms with E-state index in [4.69, 9.17) is 4.74 Å². The number of methoxy groups -OCH3 is 1. The van der Waals surface area contributed by atoms with Crippen molar-refractivity contribution in [1.29, 1.82) is 0 Å². The smallest absolute Gasteiger partial charge is 0.157 e. The first-order valence-electron chi connectivity index (χ1n) is 6.73. The average molecular weight is 251 g/mol. The summed E-state index contributed by atoms with van der Waals surface area (Å²) in [6, 6.07) is 0.288. The maximum atomic E-state index is 5.44. The van der Waals surface area contributed by atoms with Crippen LogP contribution in [-0.4, -0.2) is 23.6 Å². The molecule has 1 aromatic rings. The normalized spacial score (nSPS) is 14.5. The largest absolute Gasteiger partial charge is 0.373 e. The summed E-state index contributed by atoms with van der Waals surface area (Å²) < 4.78 is 5.44. The van der Waals surface area contributed by atoms with Gasteiger partial charge < -0.3 is 10.1 Å². The van der Waals surface area contributed by atoms with E-state index in [0.29, 0.717) is 0 Å². The van der Waals surface area contributed by atoms with Gasteiger partial charge in [-0.25, -0.2) is 9.97 Å². The van der Waals surface area contributed by atoms with E-state index < -0.39 is 0 Å². The van der Waals surface area contributed by atoms with Crippen molar-refractivity contribution in [1.82, 2.24) is 15.3 Å². The minimum Gasteiger partial charge on any atom is -0.373 e. The van der Waals surface area contributed by atoms with Crippen LogP contribution in [0.1, 0.15) is 62.8 Å². The number of nitrogens with one attached hydrogen (secondary N) is 1. The van der Waals surface area contributed by atoms with Gasteiger partial charge in [0, 0.05) is 30.6 Å². The second kappa shape index (κ2) is 7.44. The van der Waals surface area contributed by atoms with E-state index in [-0.39, 0.29) is 12.1 Å². The molecule has 0 saturated carbocycles. The maximum absolute atomic E-state index is 5.44. The van der Waals surface area contributed by atoms with Crippen LogP contribution in [0.4, 0.5) is 0 Å². The lowest BCUT2D eigenvalue weighted by molar-refractivity contribution is 0.0874. The maximum Gasteiger partial charge on any atom is 0.157 e. The van der Waals surface area contributed by atoms with Crippen molar-refractivity contribution in [3.8, 4) is 0 Å². The van der Waals surface area contributed by atoms with Gasteiger partial charge in [0.05, 0.1) is 0 Å². The zero-order chi connectivity index (χ0) is 13.5. The zero-order valence-corrected chi connectivity index (χ0v) is 12.2. The SMILES string of the molecule is CCCC(OC)c1ncc(C(C)NCC)c(C)n1. The standard InChI is InChI=1S/C14H25N3O/c1-6-8-13(18-5)14-16-9-12(11(4)17-14)10(3)15-7-2/h9-10,13,15H,6-8H2,1-5H3. The lowest BCUT2D eigenvalue weighted by Crippen LogP contribution is -2.20. The fraction of sp³-hybridized carbons (Fsp3) is 0.714. The predicted molar refractivity (Wildman–Crippen MR) is 73.5 cm³/mol. The number of aryl methyl sites for hydroxylation is 1. The molecule has 0 spiro atoms. The van der Waals surface area contributed by atoms with Gasteiger partial charge in [-0.3, -0.25) is 0 Å². The number of aromatic nitrogens is 2. The molecule has 102 valence electrons. The minimum absolute atomic E-state index is 0.0113. The summed E-state index contributed by atoms with van der Waals surface area (Å²) in [6.45, 7) is 9.35. The lowest BCUT2D eigenvalue weighted by Gasteiger charge is -2.17. The molecule has 0 saturated heterocycles. The summed E-state index contributed by atoms with van der Waals surface area (Å²) in [5, 5.41) is 3.38. The van der Waals surface area contributed by atoms with Gasteiger partial charge >= 0.3 is 0 Å². The average Bonchev–Trinajstić information content (AvgIpc) is 2.36. The number of ether oxygens (including phenoxy) is 1. The van der Waals surface area contributed by atoms with Crippen LogP contribution in [0.15, 0.2) is 6.20 Å². The molecule has 4 nitrogen and oxygen atoms in total. The molecule has 1 rings (SSSR count). The summed E-state index contributed by atoms with van der Waals surface area (Å²) in [4.78, 5) is 9.05. The Morgan fingerprint density at radius 2 is 2.11 bits per heavy atom. The molecule has 0 aliphatic heterocycles.